The van der Waals surface area contributed by atoms with E-state index in [0.717, 1.165) is 11.8 Å². The number of hydrogen-bond acceptors (Lipinski definition) is 9. The van der Waals surface area contributed by atoms with Gasteiger partial charge in [-0.3, -0.25) is 20.2 Å². The maximum atomic E-state index is 11.1. The van der Waals surface area contributed by atoms with Crippen molar-refractivity contribution < 1.29 is 14.6 Å². The van der Waals surface area contributed by atoms with E-state index in [9.17, 15) is 20.2 Å². The molecule has 3 heterocycles. The highest BCUT2D eigenvalue weighted by atomic mass is 32.2. The fraction of sp³-hybridized carbons (Fsp3) is 0. The molecule has 10 nitrogen and oxygen atoms in total. The molecule has 26 heavy (non-hydrogen) atoms. The van der Waals surface area contributed by atoms with Crippen molar-refractivity contribution in [2.45, 2.75) is 10.1 Å². The second kappa shape index (κ2) is 7.53. The SMILES string of the molecule is O=[N+]([O-])c1cccnc1Oc1cccnc1Sc1ncccc1[N+](=O)[O-]. The Kier molecular flexibility index (Phi) is 4.99. The summed E-state index contributed by atoms with van der Waals surface area (Å²) in [6.45, 7) is 0. The molecule has 11 heteroatoms. The summed E-state index contributed by atoms with van der Waals surface area (Å²) in [5, 5.41) is 22.6. The van der Waals surface area contributed by atoms with Crippen LogP contribution < -0.4 is 4.74 Å². The topological polar surface area (TPSA) is 134 Å². The van der Waals surface area contributed by atoms with Gasteiger partial charge in [0.1, 0.15) is 5.03 Å². The van der Waals surface area contributed by atoms with Crippen LogP contribution in [0.4, 0.5) is 11.4 Å². The van der Waals surface area contributed by atoms with Gasteiger partial charge >= 0.3 is 11.4 Å². The standard InChI is InChI=1S/C15H9N5O5S/c21-19(22)10-4-1-7-16-13(10)25-12-6-3-9-18-15(12)26-14-11(20(23)24)5-2-8-17-14/h1-9H. The zero-order valence-electron chi connectivity index (χ0n) is 12.9. The molecule has 0 atom stereocenters. The first kappa shape index (κ1) is 17.2. The minimum absolute atomic E-state index is 0.122. The second-order valence-electron chi connectivity index (χ2n) is 4.68. The van der Waals surface area contributed by atoms with Gasteiger partial charge in [-0.25, -0.2) is 15.0 Å². The third-order valence-electron chi connectivity index (χ3n) is 3.03. The fourth-order valence-corrected chi connectivity index (χ4v) is 2.79. The Bertz CT molecular complexity index is 905. The first-order chi connectivity index (χ1) is 12.6. The molecule has 0 saturated carbocycles. The summed E-state index contributed by atoms with van der Waals surface area (Å²) in [6.07, 6.45) is 4.24. The monoisotopic (exact) mass is 371 g/mol. The van der Waals surface area contributed by atoms with Crippen molar-refractivity contribution in [2.75, 3.05) is 0 Å². The van der Waals surface area contributed by atoms with E-state index in [1.807, 2.05) is 0 Å². The Balaban J connectivity index is 1.96. The van der Waals surface area contributed by atoms with Crippen molar-refractivity contribution in [1.29, 1.82) is 0 Å². The van der Waals surface area contributed by atoms with Crippen LogP contribution in [0, 0.1) is 20.2 Å². The van der Waals surface area contributed by atoms with Gasteiger partial charge in [0.2, 0.25) is 0 Å². The molecule has 3 rings (SSSR count). The molecule has 0 fully saturated rings. The van der Waals surface area contributed by atoms with Crippen molar-refractivity contribution in [2.24, 2.45) is 0 Å². The molecule has 0 spiro atoms. The van der Waals surface area contributed by atoms with Crippen LogP contribution in [0.2, 0.25) is 0 Å². The third kappa shape index (κ3) is 3.72. The van der Waals surface area contributed by atoms with Crippen LogP contribution in [0.1, 0.15) is 0 Å². The molecule has 0 unspecified atom stereocenters. The van der Waals surface area contributed by atoms with Gasteiger partial charge in [-0.15, -0.1) is 0 Å². The molecule has 0 aliphatic rings. The molecule has 0 saturated heterocycles. The van der Waals surface area contributed by atoms with Gasteiger partial charge in [0, 0.05) is 30.7 Å². The second-order valence-corrected chi connectivity index (χ2v) is 5.66. The highest BCUT2D eigenvalue weighted by Gasteiger charge is 2.21. The predicted molar refractivity (Wildman–Crippen MR) is 90.2 cm³/mol. The van der Waals surface area contributed by atoms with Crippen molar-refractivity contribution in [3.05, 3.63) is 75.2 Å². The van der Waals surface area contributed by atoms with E-state index in [-0.39, 0.29) is 33.1 Å². The third-order valence-corrected chi connectivity index (χ3v) is 4.04. The Morgan fingerprint density at radius 3 is 2.08 bits per heavy atom. The highest BCUT2D eigenvalue weighted by Crippen LogP contribution is 2.38. The molecule has 3 aromatic rings. The summed E-state index contributed by atoms with van der Waals surface area (Å²) in [5.74, 6) is -0.0397. The van der Waals surface area contributed by atoms with Crippen molar-refractivity contribution in [1.82, 2.24) is 15.0 Å². The van der Waals surface area contributed by atoms with Crippen molar-refractivity contribution in [3.63, 3.8) is 0 Å². The van der Waals surface area contributed by atoms with E-state index in [4.69, 9.17) is 4.74 Å². The fourth-order valence-electron chi connectivity index (χ4n) is 1.93. The average Bonchev–Trinajstić information content (AvgIpc) is 2.64. The molecular formula is C15H9N5O5S. The lowest BCUT2D eigenvalue weighted by molar-refractivity contribution is -0.388. The lowest BCUT2D eigenvalue weighted by Gasteiger charge is -2.08. The van der Waals surface area contributed by atoms with E-state index in [2.05, 4.69) is 15.0 Å². The van der Waals surface area contributed by atoms with Crippen LogP contribution in [0.3, 0.4) is 0 Å². The van der Waals surface area contributed by atoms with Gasteiger partial charge in [0.25, 0.3) is 5.88 Å². The van der Waals surface area contributed by atoms with Gasteiger partial charge < -0.3 is 4.74 Å². The van der Waals surface area contributed by atoms with Gasteiger partial charge in [-0.2, -0.15) is 0 Å². The molecule has 3 aromatic heterocycles. The smallest absolute Gasteiger partial charge is 0.331 e. The van der Waals surface area contributed by atoms with E-state index < -0.39 is 9.85 Å². The van der Waals surface area contributed by atoms with Crippen LogP contribution >= 0.6 is 11.8 Å². The maximum Gasteiger partial charge on any atom is 0.331 e. The summed E-state index contributed by atoms with van der Waals surface area (Å²) in [7, 11) is 0. The Labute approximate surface area is 150 Å². The lowest BCUT2D eigenvalue weighted by Crippen LogP contribution is -1.97. The normalized spacial score (nSPS) is 10.3. The molecule has 0 amide bonds. The largest absolute Gasteiger partial charge is 0.431 e. The molecular weight excluding hydrogens is 362 g/mol. The number of rotatable bonds is 6. The first-order valence-corrected chi connectivity index (χ1v) is 7.87. The van der Waals surface area contributed by atoms with Gasteiger partial charge in [-0.05, 0) is 36.0 Å². The molecule has 0 aromatic carbocycles. The Hall–Kier alpha value is -3.60. The predicted octanol–water partition coefficient (Wildman–Crippen LogP) is 3.63. The number of pyridine rings is 3. The molecule has 0 aliphatic carbocycles. The van der Waals surface area contributed by atoms with Crippen LogP contribution in [0.15, 0.2) is 65.0 Å². The molecule has 0 radical (unpaired) electrons. The number of nitro groups is 2. The van der Waals surface area contributed by atoms with Crippen LogP contribution in [-0.4, -0.2) is 24.8 Å². The lowest BCUT2D eigenvalue weighted by atomic mass is 10.4. The zero-order valence-corrected chi connectivity index (χ0v) is 13.7. The van der Waals surface area contributed by atoms with E-state index in [1.54, 1.807) is 6.07 Å². The number of aromatic nitrogens is 3. The Morgan fingerprint density at radius 2 is 1.38 bits per heavy atom. The average molecular weight is 371 g/mol. The minimum Gasteiger partial charge on any atom is -0.431 e. The van der Waals surface area contributed by atoms with Crippen molar-refractivity contribution in [3.8, 4) is 11.6 Å². The Morgan fingerprint density at radius 1 is 0.808 bits per heavy atom. The molecule has 0 bridgehead atoms. The van der Waals surface area contributed by atoms with Crippen LogP contribution in [0.5, 0.6) is 11.6 Å². The van der Waals surface area contributed by atoms with Gasteiger partial charge in [0.05, 0.1) is 9.85 Å². The molecule has 0 N–H and O–H groups in total. The number of ether oxygens (including phenoxy) is 1. The van der Waals surface area contributed by atoms with Gasteiger partial charge in [-0.1, -0.05) is 0 Å². The number of nitrogens with zero attached hydrogens (tertiary/aromatic N) is 5. The van der Waals surface area contributed by atoms with Gasteiger partial charge in [0.15, 0.2) is 10.8 Å². The highest BCUT2D eigenvalue weighted by molar-refractivity contribution is 7.99. The maximum absolute atomic E-state index is 11.1. The summed E-state index contributed by atoms with van der Waals surface area (Å²) in [6, 6.07) is 8.55. The zero-order chi connectivity index (χ0) is 18.5. The number of hydrogen-bond donors (Lipinski definition) is 0. The summed E-state index contributed by atoms with van der Waals surface area (Å²) < 4.78 is 5.54. The summed E-state index contributed by atoms with van der Waals surface area (Å²) in [4.78, 5) is 33.0. The van der Waals surface area contributed by atoms with Crippen molar-refractivity contribution >= 4 is 23.1 Å². The molecule has 0 aliphatic heterocycles. The van der Waals surface area contributed by atoms with Crippen LogP contribution in [0.25, 0.3) is 0 Å². The molecule has 130 valence electrons. The minimum atomic E-state index is -0.616. The summed E-state index contributed by atoms with van der Waals surface area (Å²) in [5.41, 5.74) is -0.492. The first-order valence-electron chi connectivity index (χ1n) is 7.06. The quantitative estimate of drug-likeness (QED) is 0.470. The van der Waals surface area contributed by atoms with E-state index in [0.29, 0.717) is 0 Å². The van der Waals surface area contributed by atoms with E-state index >= 15 is 0 Å². The summed E-state index contributed by atoms with van der Waals surface area (Å²) >= 11 is 0.916. The van der Waals surface area contributed by atoms with Crippen LogP contribution in [-0.2, 0) is 0 Å². The van der Waals surface area contributed by atoms with E-state index in [1.165, 1.54) is 48.9 Å².